The zero-order valence-electron chi connectivity index (χ0n) is 17.0. The molecule has 3 aromatic carbocycles. The van der Waals surface area contributed by atoms with E-state index in [1.807, 2.05) is 0 Å². The van der Waals surface area contributed by atoms with Gasteiger partial charge in [-0.2, -0.15) is 0 Å². The zero-order valence-corrected chi connectivity index (χ0v) is 18.6. The second-order valence-corrected chi connectivity index (χ2v) is 8.92. The minimum atomic E-state index is -4.18. The lowest BCUT2D eigenvalue weighted by molar-refractivity contribution is -0.123. The van der Waals surface area contributed by atoms with Crippen molar-refractivity contribution < 1.29 is 31.5 Å². The molecule has 172 valence electrons. The number of anilines is 2. The summed E-state index contributed by atoms with van der Waals surface area (Å²) in [6.07, 6.45) is -1.12. The van der Waals surface area contributed by atoms with Crippen molar-refractivity contribution in [2.24, 2.45) is 0 Å². The molecule has 33 heavy (non-hydrogen) atoms. The molecule has 1 amide bonds. The number of nitrogens with one attached hydrogen (secondary N) is 2. The highest BCUT2D eigenvalue weighted by Crippen LogP contribution is 2.20. The first kappa shape index (κ1) is 24.1. The van der Waals surface area contributed by atoms with Gasteiger partial charge in [0.25, 0.3) is 15.9 Å². The van der Waals surface area contributed by atoms with Crippen molar-refractivity contribution in [3.05, 3.63) is 89.0 Å². The van der Waals surface area contributed by atoms with Crippen LogP contribution in [0.15, 0.2) is 71.6 Å². The third-order valence-corrected chi connectivity index (χ3v) is 5.93. The maximum Gasteiger partial charge on any atom is 0.338 e. The lowest BCUT2D eigenvalue weighted by Crippen LogP contribution is -2.30. The zero-order chi connectivity index (χ0) is 24.2. The number of esters is 1. The van der Waals surface area contributed by atoms with Crippen molar-refractivity contribution in [2.45, 2.75) is 17.9 Å². The van der Waals surface area contributed by atoms with Crippen molar-refractivity contribution in [2.75, 3.05) is 10.0 Å². The van der Waals surface area contributed by atoms with Crippen LogP contribution < -0.4 is 10.0 Å². The summed E-state index contributed by atoms with van der Waals surface area (Å²) in [4.78, 5) is 24.1. The van der Waals surface area contributed by atoms with Crippen LogP contribution in [-0.2, 0) is 19.6 Å². The van der Waals surface area contributed by atoms with E-state index in [-0.39, 0.29) is 11.3 Å². The monoisotopic (exact) mass is 494 g/mol. The van der Waals surface area contributed by atoms with Gasteiger partial charge in [0.15, 0.2) is 17.7 Å². The Hall–Kier alpha value is -3.50. The number of sulfonamides is 1. The van der Waals surface area contributed by atoms with Crippen LogP contribution in [0.25, 0.3) is 0 Å². The van der Waals surface area contributed by atoms with Crippen LogP contribution >= 0.6 is 11.6 Å². The predicted molar refractivity (Wildman–Crippen MR) is 119 cm³/mol. The average Bonchev–Trinajstić information content (AvgIpc) is 2.75. The maximum atomic E-state index is 13.3. The van der Waals surface area contributed by atoms with Gasteiger partial charge in [0, 0.05) is 16.4 Å². The van der Waals surface area contributed by atoms with Crippen LogP contribution in [0.2, 0.25) is 5.02 Å². The van der Waals surface area contributed by atoms with Crippen molar-refractivity contribution >= 4 is 44.9 Å². The van der Waals surface area contributed by atoms with Crippen molar-refractivity contribution in [1.82, 2.24) is 0 Å². The third-order valence-electron chi connectivity index (χ3n) is 4.32. The first-order valence-electron chi connectivity index (χ1n) is 9.40. The van der Waals surface area contributed by atoms with E-state index in [0.29, 0.717) is 22.8 Å². The van der Waals surface area contributed by atoms with Crippen LogP contribution in [0.1, 0.15) is 17.3 Å². The minimum absolute atomic E-state index is 0.0631. The lowest BCUT2D eigenvalue weighted by Gasteiger charge is -2.14. The molecule has 1 unspecified atom stereocenters. The van der Waals surface area contributed by atoms with E-state index in [9.17, 15) is 26.8 Å². The largest absolute Gasteiger partial charge is 0.449 e. The summed E-state index contributed by atoms with van der Waals surface area (Å²) in [7, 11) is -4.18. The molecule has 2 N–H and O–H groups in total. The Morgan fingerprint density at radius 1 is 0.939 bits per heavy atom. The first-order valence-corrected chi connectivity index (χ1v) is 11.3. The van der Waals surface area contributed by atoms with Crippen molar-refractivity contribution in [3.8, 4) is 0 Å². The maximum absolute atomic E-state index is 13.3. The smallest absolute Gasteiger partial charge is 0.338 e. The van der Waals surface area contributed by atoms with Crippen LogP contribution in [0.4, 0.5) is 20.2 Å². The molecule has 0 bridgehead atoms. The van der Waals surface area contributed by atoms with Crippen LogP contribution in [0.3, 0.4) is 0 Å². The van der Waals surface area contributed by atoms with E-state index in [2.05, 4.69) is 10.0 Å². The van der Waals surface area contributed by atoms with E-state index in [1.54, 1.807) is 18.2 Å². The quantitative estimate of drug-likeness (QED) is 0.467. The number of halogens is 3. The number of hydrogen-bond acceptors (Lipinski definition) is 5. The summed E-state index contributed by atoms with van der Waals surface area (Å²) >= 11 is 5.86. The van der Waals surface area contributed by atoms with Gasteiger partial charge in [-0.05, 0) is 67.6 Å². The van der Waals surface area contributed by atoms with Gasteiger partial charge in [-0.15, -0.1) is 0 Å². The fourth-order valence-electron chi connectivity index (χ4n) is 2.62. The molecular formula is C22H17ClF2N2O5S. The lowest BCUT2D eigenvalue weighted by atomic mass is 10.2. The van der Waals surface area contributed by atoms with Gasteiger partial charge in [-0.25, -0.2) is 22.0 Å². The van der Waals surface area contributed by atoms with Gasteiger partial charge in [0.2, 0.25) is 0 Å². The number of carbonyl (C=O) groups excluding carboxylic acids is 2. The fraction of sp³-hybridized carbons (Fsp3) is 0.0909. The predicted octanol–water partition coefficient (Wildman–Crippen LogP) is 4.60. The van der Waals surface area contributed by atoms with E-state index in [1.165, 1.54) is 37.3 Å². The van der Waals surface area contributed by atoms with E-state index >= 15 is 0 Å². The van der Waals surface area contributed by atoms with Crippen LogP contribution in [0.5, 0.6) is 0 Å². The fourth-order valence-corrected chi connectivity index (χ4v) is 3.89. The molecule has 0 saturated heterocycles. The molecule has 0 aliphatic rings. The van der Waals surface area contributed by atoms with Crippen LogP contribution in [-0.4, -0.2) is 26.4 Å². The summed E-state index contributed by atoms with van der Waals surface area (Å²) in [6.45, 7) is 1.39. The Balaban J connectivity index is 1.62. The molecule has 0 spiro atoms. The molecule has 0 saturated carbocycles. The summed E-state index contributed by atoms with van der Waals surface area (Å²) in [6, 6.07) is 13.8. The average molecular weight is 495 g/mol. The Morgan fingerprint density at radius 2 is 1.64 bits per heavy atom. The molecule has 11 heteroatoms. The highest BCUT2D eigenvalue weighted by Gasteiger charge is 2.20. The van der Waals surface area contributed by atoms with Gasteiger partial charge < -0.3 is 10.1 Å². The molecule has 7 nitrogen and oxygen atoms in total. The van der Waals surface area contributed by atoms with Gasteiger partial charge in [-0.3, -0.25) is 9.52 Å². The molecule has 1 atom stereocenters. The Morgan fingerprint density at radius 3 is 2.27 bits per heavy atom. The van der Waals surface area contributed by atoms with Crippen LogP contribution in [0, 0.1) is 11.6 Å². The number of amides is 1. The summed E-state index contributed by atoms with van der Waals surface area (Å²) in [5.74, 6) is -3.85. The number of carbonyl (C=O) groups is 2. The number of ether oxygens (including phenoxy) is 1. The highest BCUT2D eigenvalue weighted by molar-refractivity contribution is 7.92. The summed E-state index contributed by atoms with van der Waals surface area (Å²) in [5, 5.41) is 3.00. The molecule has 0 fully saturated rings. The Bertz CT molecular complexity index is 1300. The molecule has 0 aromatic heterocycles. The van der Waals surface area contributed by atoms with Gasteiger partial charge in [0.1, 0.15) is 0 Å². The molecule has 0 radical (unpaired) electrons. The van der Waals surface area contributed by atoms with Gasteiger partial charge in [0.05, 0.1) is 10.5 Å². The van der Waals surface area contributed by atoms with Crippen molar-refractivity contribution in [1.29, 1.82) is 0 Å². The van der Waals surface area contributed by atoms with Gasteiger partial charge >= 0.3 is 5.97 Å². The standard InChI is InChI=1S/C22H17ClF2N2O5S/c1-13(21(28)26-17-4-2-3-15(23)11-17)32-22(29)14-5-7-16(8-6-14)27-33(30,31)18-9-10-19(24)20(25)12-18/h2-13,27H,1H3,(H,26,28). The highest BCUT2D eigenvalue weighted by atomic mass is 35.5. The molecule has 3 rings (SSSR count). The van der Waals surface area contributed by atoms with E-state index in [0.717, 1.165) is 6.07 Å². The van der Waals surface area contributed by atoms with Crippen molar-refractivity contribution in [3.63, 3.8) is 0 Å². The molecular weight excluding hydrogens is 478 g/mol. The second-order valence-electron chi connectivity index (χ2n) is 6.81. The first-order chi connectivity index (χ1) is 15.5. The SMILES string of the molecule is CC(OC(=O)c1ccc(NS(=O)(=O)c2ccc(F)c(F)c2)cc1)C(=O)Nc1cccc(Cl)c1. The second kappa shape index (κ2) is 9.97. The summed E-state index contributed by atoms with van der Waals surface area (Å²) in [5.41, 5.74) is 0.573. The molecule has 0 heterocycles. The Kier molecular flexibility index (Phi) is 7.29. The van der Waals surface area contributed by atoms with E-state index in [4.69, 9.17) is 16.3 Å². The summed E-state index contributed by atoms with van der Waals surface area (Å²) < 4.78 is 58.4. The number of rotatable bonds is 7. The minimum Gasteiger partial charge on any atom is -0.449 e. The molecule has 0 aliphatic heterocycles. The Labute approximate surface area is 193 Å². The number of hydrogen-bond donors (Lipinski definition) is 2. The molecule has 3 aromatic rings. The number of benzene rings is 3. The third kappa shape index (κ3) is 6.27. The molecule has 0 aliphatic carbocycles. The van der Waals surface area contributed by atoms with E-state index < -0.39 is 44.5 Å². The normalized spacial score (nSPS) is 12.0. The topological polar surface area (TPSA) is 102 Å². The van der Waals surface area contributed by atoms with Gasteiger partial charge in [-0.1, -0.05) is 17.7 Å².